The van der Waals surface area contributed by atoms with E-state index in [4.69, 9.17) is 17.3 Å². The number of fused-ring (bicyclic) bond motifs is 1. The van der Waals surface area contributed by atoms with E-state index < -0.39 is 15.9 Å². The van der Waals surface area contributed by atoms with E-state index in [2.05, 4.69) is 5.32 Å². The van der Waals surface area contributed by atoms with Crippen molar-refractivity contribution in [1.29, 1.82) is 0 Å². The maximum Gasteiger partial charge on any atom is 0.264 e. The van der Waals surface area contributed by atoms with Crippen LogP contribution >= 0.6 is 11.6 Å². The van der Waals surface area contributed by atoms with Crippen LogP contribution in [0.2, 0.25) is 5.02 Å². The van der Waals surface area contributed by atoms with Crippen molar-refractivity contribution >= 4 is 44.8 Å². The highest BCUT2D eigenvalue weighted by atomic mass is 35.5. The van der Waals surface area contributed by atoms with Gasteiger partial charge in [-0.05, 0) is 78.6 Å². The molecule has 0 saturated heterocycles. The molecule has 0 fully saturated rings. The number of carbonyl (C=O) groups is 2. The Labute approximate surface area is 197 Å². The first-order valence-electron chi connectivity index (χ1n) is 10.3. The Hall–Kier alpha value is -3.36. The molecule has 0 saturated carbocycles. The van der Waals surface area contributed by atoms with Crippen LogP contribution in [0.15, 0.2) is 71.6 Å². The minimum Gasteiger partial charge on any atom is -0.369 e. The molecule has 0 spiro atoms. The summed E-state index contributed by atoms with van der Waals surface area (Å²) in [4.78, 5) is 24.0. The van der Waals surface area contributed by atoms with Gasteiger partial charge in [0.1, 0.15) is 0 Å². The van der Waals surface area contributed by atoms with Gasteiger partial charge in [0.15, 0.2) is 0 Å². The Bertz CT molecular complexity index is 1310. The van der Waals surface area contributed by atoms with Crippen molar-refractivity contribution in [2.45, 2.75) is 24.2 Å². The molecular formula is C24H22ClN3O4S. The number of benzene rings is 3. The number of halogens is 1. The lowest BCUT2D eigenvalue weighted by Gasteiger charge is -2.30. The van der Waals surface area contributed by atoms with Crippen LogP contribution in [0.1, 0.15) is 27.9 Å². The molecule has 0 aliphatic carbocycles. The molecule has 1 heterocycles. The van der Waals surface area contributed by atoms with Crippen LogP contribution in [-0.4, -0.2) is 26.8 Å². The lowest BCUT2D eigenvalue weighted by molar-refractivity contribution is -0.117. The molecule has 2 amide bonds. The summed E-state index contributed by atoms with van der Waals surface area (Å²) in [5.41, 5.74) is 8.34. The number of amides is 2. The second-order valence-corrected chi connectivity index (χ2v) is 10.1. The Kier molecular flexibility index (Phi) is 6.40. The molecule has 9 heteroatoms. The molecule has 0 bridgehead atoms. The molecule has 3 N–H and O–H groups in total. The van der Waals surface area contributed by atoms with Gasteiger partial charge in [0.2, 0.25) is 5.91 Å². The quantitative estimate of drug-likeness (QED) is 0.556. The van der Waals surface area contributed by atoms with Crippen LogP contribution in [-0.2, 0) is 27.7 Å². The molecule has 3 aromatic rings. The summed E-state index contributed by atoms with van der Waals surface area (Å²) in [6, 6.07) is 18.0. The van der Waals surface area contributed by atoms with E-state index in [9.17, 15) is 18.0 Å². The third-order valence-electron chi connectivity index (χ3n) is 5.41. The summed E-state index contributed by atoms with van der Waals surface area (Å²) in [7, 11) is -3.75. The summed E-state index contributed by atoms with van der Waals surface area (Å²) in [5, 5.41) is 3.28. The van der Waals surface area contributed by atoms with Crippen molar-refractivity contribution in [2.24, 2.45) is 5.73 Å². The van der Waals surface area contributed by atoms with Crippen molar-refractivity contribution in [2.75, 3.05) is 16.2 Å². The highest BCUT2D eigenvalue weighted by molar-refractivity contribution is 7.92. The Morgan fingerprint density at radius 3 is 2.36 bits per heavy atom. The molecule has 0 unspecified atom stereocenters. The van der Waals surface area contributed by atoms with Gasteiger partial charge in [0.25, 0.3) is 15.9 Å². The number of anilines is 2. The number of primary amides is 1. The fourth-order valence-corrected chi connectivity index (χ4v) is 5.46. The molecule has 33 heavy (non-hydrogen) atoms. The highest BCUT2D eigenvalue weighted by Gasteiger charge is 2.29. The summed E-state index contributed by atoms with van der Waals surface area (Å²) in [6.45, 7) is 0.362. The summed E-state index contributed by atoms with van der Waals surface area (Å²) in [5.74, 6) is -0.730. The van der Waals surface area contributed by atoms with E-state index in [-0.39, 0.29) is 17.2 Å². The van der Waals surface area contributed by atoms with E-state index in [1.165, 1.54) is 16.4 Å². The third kappa shape index (κ3) is 5.02. The molecule has 0 atom stereocenters. The van der Waals surface area contributed by atoms with E-state index in [1.54, 1.807) is 54.6 Å². The minimum absolute atomic E-state index is 0.133. The molecule has 0 radical (unpaired) electrons. The maximum atomic E-state index is 13.2. The standard InChI is InChI=1S/C24H22ClN3O4S/c25-19-6-10-21(11-7-19)33(31,32)28-13-1-2-17-15-18(5-12-22(17)28)24(30)27-20-8-3-16(4-9-20)14-23(26)29/h3-12,15H,1-2,13-14H2,(H2,26,29)(H,27,30). The topological polar surface area (TPSA) is 110 Å². The molecular weight excluding hydrogens is 462 g/mol. The SMILES string of the molecule is NC(=O)Cc1ccc(NC(=O)c2ccc3c(c2)CCCN3S(=O)(=O)c2ccc(Cl)cc2)cc1. The fraction of sp³-hybridized carbons (Fsp3) is 0.167. The minimum atomic E-state index is -3.75. The van der Waals surface area contributed by atoms with Crippen molar-refractivity contribution in [3.05, 3.63) is 88.4 Å². The van der Waals surface area contributed by atoms with E-state index in [1.807, 2.05) is 0 Å². The number of nitrogens with two attached hydrogens (primary N) is 1. The predicted octanol–water partition coefficient (Wildman–Crippen LogP) is 3.76. The average Bonchev–Trinajstić information content (AvgIpc) is 2.79. The third-order valence-corrected chi connectivity index (χ3v) is 7.49. The summed E-state index contributed by atoms with van der Waals surface area (Å²) < 4.78 is 27.8. The summed E-state index contributed by atoms with van der Waals surface area (Å²) >= 11 is 5.90. The van der Waals surface area contributed by atoms with Gasteiger partial charge in [-0.1, -0.05) is 23.7 Å². The van der Waals surface area contributed by atoms with Crippen LogP contribution in [0.25, 0.3) is 0 Å². The zero-order valence-electron chi connectivity index (χ0n) is 17.6. The maximum absolute atomic E-state index is 13.2. The van der Waals surface area contributed by atoms with Crippen LogP contribution < -0.4 is 15.4 Å². The monoisotopic (exact) mass is 483 g/mol. The van der Waals surface area contributed by atoms with Crippen molar-refractivity contribution < 1.29 is 18.0 Å². The van der Waals surface area contributed by atoms with Crippen molar-refractivity contribution in [1.82, 2.24) is 0 Å². The first-order chi connectivity index (χ1) is 15.7. The lowest BCUT2D eigenvalue weighted by Crippen LogP contribution is -2.35. The highest BCUT2D eigenvalue weighted by Crippen LogP contribution is 2.33. The van der Waals surface area contributed by atoms with E-state index in [0.717, 1.165) is 11.1 Å². The number of nitrogens with one attached hydrogen (secondary N) is 1. The number of nitrogens with zero attached hydrogens (tertiary/aromatic N) is 1. The normalized spacial score (nSPS) is 13.3. The van der Waals surface area contributed by atoms with Gasteiger partial charge in [0.05, 0.1) is 17.0 Å². The second kappa shape index (κ2) is 9.25. The number of rotatable bonds is 6. The van der Waals surface area contributed by atoms with Gasteiger partial charge in [-0.3, -0.25) is 13.9 Å². The number of sulfonamides is 1. The van der Waals surface area contributed by atoms with Gasteiger partial charge in [-0.15, -0.1) is 0 Å². The average molecular weight is 484 g/mol. The van der Waals surface area contributed by atoms with Gasteiger partial charge in [-0.2, -0.15) is 0 Å². The van der Waals surface area contributed by atoms with Crippen LogP contribution in [0.5, 0.6) is 0 Å². The van der Waals surface area contributed by atoms with Crippen LogP contribution in [0.4, 0.5) is 11.4 Å². The summed E-state index contributed by atoms with van der Waals surface area (Å²) in [6.07, 6.45) is 1.45. The van der Waals surface area contributed by atoms with Crippen LogP contribution in [0, 0.1) is 0 Å². The lowest BCUT2D eigenvalue weighted by atomic mass is 10.0. The smallest absolute Gasteiger partial charge is 0.264 e. The molecule has 1 aliphatic heterocycles. The molecule has 7 nitrogen and oxygen atoms in total. The largest absolute Gasteiger partial charge is 0.369 e. The number of hydrogen-bond donors (Lipinski definition) is 2. The molecule has 4 rings (SSSR count). The number of hydrogen-bond acceptors (Lipinski definition) is 4. The first kappa shape index (κ1) is 22.8. The van der Waals surface area contributed by atoms with E-state index in [0.29, 0.717) is 41.3 Å². The first-order valence-corrected chi connectivity index (χ1v) is 12.2. The Morgan fingerprint density at radius 1 is 1.00 bits per heavy atom. The molecule has 3 aromatic carbocycles. The van der Waals surface area contributed by atoms with Gasteiger partial charge in [-0.25, -0.2) is 8.42 Å². The van der Waals surface area contributed by atoms with Crippen molar-refractivity contribution in [3.8, 4) is 0 Å². The fourth-order valence-electron chi connectivity index (χ4n) is 3.80. The van der Waals surface area contributed by atoms with Crippen molar-refractivity contribution in [3.63, 3.8) is 0 Å². The van der Waals surface area contributed by atoms with Gasteiger partial charge in [0, 0.05) is 22.8 Å². The zero-order chi connectivity index (χ0) is 23.6. The Balaban J connectivity index is 1.55. The van der Waals surface area contributed by atoms with Crippen LogP contribution in [0.3, 0.4) is 0 Å². The number of carbonyl (C=O) groups excluding carboxylic acids is 2. The number of aryl methyl sites for hydroxylation is 1. The predicted molar refractivity (Wildman–Crippen MR) is 128 cm³/mol. The Morgan fingerprint density at radius 2 is 1.70 bits per heavy atom. The molecule has 0 aromatic heterocycles. The molecule has 1 aliphatic rings. The second-order valence-electron chi connectivity index (χ2n) is 7.77. The van der Waals surface area contributed by atoms with E-state index >= 15 is 0 Å². The molecule has 170 valence electrons. The zero-order valence-corrected chi connectivity index (χ0v) is 19.2. The van der Waals surface area contributed by atoms with Gasteiger partial charge >= 0.3 is 0 Å². The van der Waals surface area contributed by atoms with Gasteiger partial charge < -0.3 is 11.1 Å².